The van der Waals surface area contributed by atoms with Crippen molar-refractivity contribution in [2.75, 3.05) is 0 Å². The van der Waals surface area contributed by atoms with E-state index in [1.54, 1.807) is 24.4 Å². The maximum absolute atomic E-state index is 7.99. The fourth-order valence-electron chi connectivity index (χ4n) is 6.32. The smallest absolute Gasteiger partial charge is 0.0623 e. The largest absolute Gasteiger partial charge is 0.305 e. The van der Waals surface area contributed by atoms with Gasteiger partial charge in [-0.25, -0.2) is 0 Å². The molecule has 2 aromatic heterocycles. The number of benzene rings is 5. The van der Waals surface area contributed by atoms with E-state index in [0.29, 0.717) is 11.5 Å². The molecule has 47 heavy (non-hydrogen) atoms. The molecule has 0 aliphatic heterocycles. The third kappa shape index (κ3) is 6.22. The Balaban J connectivity index is 0.000000179. The summed E-state index contributed by atoms with van der Waals surface area (Å²) in [6.07, 6.45) is 1.69. The minimum atomic E-state index is -0.391. The van der Waals surface area contributed by atoms with Crippen LogP contribution in [0.25, 0.3) is 55.7 Å². The van der Waals surface area contributed by atoms with Gasteiger partial charge in [-0.2, -0.15) is 0 Å². The Morgan fingerprint density at radius 3 is 2.26 bits per heavy atom. The molecule has 5 aromatic carbocycles. The Bertz CT molecular complexity index is 2380. The zero-order chi connectivity index (χ0) is 36.0. The van der Waals surface area contributed by atoms with E-state index in [0.717, 1.165) is 28.0 Å². The Morgan fingerprint density at radius 2 is 1.55 bits per heavy atom. The number of hydrogen-bond acceptors (Lipinski definition) is 2. The molecule has 1 aliphatic rings. The fourth-order valence-corrected chi connectivity index (χ4v) is 6.32. The van der Waals surface area contributed by atoms with Crippen LogP contribution in [0, 0.1) is 12.1 Å². The molecule has 0 atom stereocenters. The summed E-state index contributed by atoms with van der Waals surface area (Å²) in [4.78, 5) is 9.36. The standard InChI is InChI=1S/C27H24N.C17H12N.Ir/c1-17(2)19-14-15-22-21(16-19)24-25(27(22,3)4)20-12-8-9-13-23(20)28-26(24)18-10-6-5-7-11-18;1-2-6-14(7-3-1)15-9-11-16(12-10-15)17-8-4-5-13-18-17;/h5-10,12-17H,1-4H3;1-11,13H;/q2*-1;/i;1D,2D,3D,6D,7D;. The average Bonchev–Trinajstić information content (AvgIpc) is 3.40. The second-order valence-corrected chi connectivity index (χ2v) is 12.3. The zero-order valence-electron chi connectivity index (χ0n) is 31.7. The van der Waals surface area contributed by atoms with Crippen LogP contribution in [0.2, 0.25) is 0 Å². The Labute approximate surface area is 299 Å². The van der Waals surface area contributed by atoms with Crippen molar-refractivity contribution in [1.82, 2.24) is 9.97 Å². The second-order valence-electron chi connectivity index (χ2n) is 12.3. The molecule has 233 valence electrons. The first-order chi connectivity index (χ1) is 24.5. The van der Waals surface area contributed by atoms with Crippen LogP contribution in [0.3, 0.4) is 0 Å². The Hall–Kier alpha value is -4.69. The molecule has 0 unspecified atom stereocenters. The van der Waals surface area contributed by atoms with E-state index in [-0.39, 0.29) is 55.3 Å². The van der Waals surface area contributed by atoms with Crippen LogP contribution in [0.1, 0.15) is 57.2 Å². The molecule has 0 saturated carbocycles. The van der Waals surface area contributed by atoms with E-state index in [2.05, 4.69) is 99.4 Å². The Kier molecular flexibility index (Phi) is 7.62. The van der Waals surface area contributed by atoms with Crippen molar-refractivity contribution in [3.8, 4) is 44.8 Å². The van der Waals surface area contributed by atoms with Gasteiger partial charge in [-0.05, 0) is 57.3 Å². The van der Waals surface area contributed by atoms with E-state index >= 15 is 0 Å². The van der Waals surface area contributed by atoms with Gasteiger partial charge in [-0.15, -0.1) is 65.7 Å². The van der Waals surface area contributed by atoms with Gasteiger partial charge in [0.25, 0.3) is 0 Å². The van der Waals surface area contributed by atoms with Crippen LogP contribution in [0.5, 0.6) is 0 Å². The summed E-state index contributed by atoms with van der Waals surface area (Å²) >= 11 is 0. The first kappa shape index (κ1) is 26.4. The van der Waals surface area contributed by atoms with Gasteiger partial charge in [0, 0.05) is 37.1 Å². The van der Waals surface area contributed by atoms with Crippen LogP contribution < -0.4 is 0 Å². The minimum absolute atomic E-state index is 0. The summed E-state index contributed by atoms with van der Waals surface area (Å²) < 4.78 is 39.1. The van der Waals surface area contributed by atoms with Crippen LogP contribution in [0.4, 0.5) is 0 Å². The Morgan fingerprint density at radius 1 is 0.766 bits per heavy atom. The number of rotatable bonds is 4. The van der Waals surface area contributed by atoms with Crippen molar-refractivity contribution in [3.05, 3.63) is 168 Å². The summed E-state index contributed by atoms with van der Waals surface area (Å²) in [5, 5.41) is 1.25. The summed E-state index contributed by atoms with van der Waals surface area (Å²) in [5.74, 6) is 0.498. The number of nitrogens with zero attached hydrogens (tertiary/aromatic N) is 2. The molecule has 0 amide bonds. The predicted octanol–water partition coefficient (Wildman–Crippen LogP) is 11.3. The van der Waals surface area contributed by atoms with Crippen LogP contribution in [0.15, 0.2) is 140 Å². The molecule has 0 N–H and O–H groups in total. The maximum atomic E-state index is 7.99. The zero-order valence-corrected chi connectivity index (χ0v) is 29.1. The average molecular weight is 790 g/mol. The van der Waals surface area contributed by atoms with E-state index in [1.807, 2.05) is 30.3 Å². The van der Waals surface area contributed by atoms with Crippen molar-refractivity contribution in [1.29, 1.82) is 0 Å². The predicted molar refractivity (Wildman–Crippen MR) is 192 cm³/mol. The first-order valence-corrected chi connectivity index (χ1v) is 15.5. The van der Waals surface area contributed by atoms with E-state index in [4.69, 9.17) is 11.8 Å². The van der Waals surface area contributed by atoms with Gasteiger partial charge in [-0.1, -0.05) is 118 Å². The number of aromatic nitrogens is 2. The van der Waals surface area contributed by atoms with Gasteiger partial charge in [0.1, 0.15) is 0 Å². The van der Waals surface area contributed by atoms with Gasteiger partial charge >= 0.3 is 0 Å². The normalized spacial score (nSPS) is 13.9. The third-order valence-corrected chi connectivity index (χ3v) is 8.68. The van der Waals surface area contributed by atoms with Crippen LogP contribution in [-0.4, -0.2) is 9.97 Å². The van der Waals surface area contributed by atoms with Crippen molar-refractivity contribution in [2.45, 2.75) is 39.0 Å². The van der Waals surface area contributed by atoms with Gasteiger partial charge < -0.3 is 4.98 Å². The molecular formula is C44H36IrN2-2. The van der Waals surface area contributed by atoms with Crippen molar-refractivity contribution in [3.63, 3.8) is 0 Å². The topological polar surface area (TPSA) is 25.8 Å². The van der Waals surface area contributed by atoms with Gasteiger partial charge in [0.15, 0.2) is 0 Å². The number of hydrogen-bond donors (Lipinski definition) is 0. The van der Waals surface area contributed by atoms with E-state index in [1.165, 1.54) is 33.2 Å². The fraction of sp³-hybridized carbons (Fsp3) is 0.136. The molecule has 2 nitrogen and oxygen atoms in total. The van der Waals surface area contributed by atoms with Crippen LogP contribution in [-0.2, 0) is 25.5 Å². The van der Waals surface area contributed by atoms with Crippen LogP contribution >= 0.6 is 0 Å². The molecule has 7 aromatic rings. The monoisotopic (exact) mass is 790 g/mol. The van der Waals surface area contributed by atoms with Crippen molar-refractivity contribution < 1.29 is 27.0 Å². The van der Waals surface area contributed by atoms with Gasteiger partial charge in [-0.3, -0.25) is 4.98 Å². The summed E-state index contributed by atoms with van der Waals surface area (Å²) in [5.41, 5.74) is 12.1. The molecule has 0 bridgehead atoms. The second kappa shape index (κ2) is 13.6. The van der Waals surface area contributed by atoms with Crippen molar-refractivity contribution >= 4 is 10.9 Å². The van der Waals surface area contributed by atoms with E-state index in [9.17, 15) is 0 Å². The van der Waals surface area contributed by atoms with E-state index < -0.39 is 6.04 Å². The molecule has 2 heterocycles. The SMILES string of the molecule is CC(C)c1ccc2c(c1)-c1c(-c3[c-]cccc3)nc3ccccc3c1C2(C)C.[2H]c1c([2H])c([2H])c(-c2c[c-]c(-c3ccccn3)cc2)c([2H])c1[2H].[Ir]. The molecule has 1 radical (unpaired) electrons. The number of pyridine rings is 2. The number of para-hydroxylation sites is 1. The third-order valence-electron chi connectivity index (χ3n) is 8.68. The molecule has 8 rings (SSSR count). The maximum Gasteiger partial charge on any atom is 0.0623 e. The quantitative estimate of drug-likeness (QED) is 0.166. The molecular weight excluding hydrogens is 749 g/mol. The van der Waals surface area contributed by atoms with Gasteiger partial charge in [0.05, 0.1) is 12.4 Å². The first-order valence-electron chi connectivity index (χ1n) is 18.0. The summed E-state index contributed by atoms with van der Waals surface area (Å²) in [7, 11) is 0. The van der Waals surface area contributed by atoms with Crippen molar-refractivity contribution in [2.24, 2.45) is 0 Å². The molecule has 3 heteroatoms. The summed E-state index contributed by atoms with van der Waals surface area (Å²) in [6.45, 7) is 9.20. The molecule has 0 saturated heterocycles. The van der Waals surface area contributed by atoms with Gasteiger partial charge in [0.2, 0.25) is 0 Å². The molecule has 1 aliphatic carbocycles. The molecule has 0 fully saturated rings. The molecule has 0 spiro atoms. The summed E-state index contributed by atoms with van der Waals surface area (Å²) in [6, 6.07) is 39.4. The number of fused-ring (bicyclic) bond motifs is 5. The minimum Gasteiger partial charge on any atom is -0.305 e.